The van der Waals surface area contributed by atoms with E-state index in [0.29, 0.717) is 43.0 Å². The van der Waals surface area contributed by atoms with Crippen LogP contribution in [0.25, 0.3) is 0 Å². The predicted octanol–water partition coefficient (Wildman–Crippen LogP) is 2.33. The summed E-state index contributed by atoms with van der Waals surface area (Å²) in [5.41, 5.74) is -0.293. The van der Waals surface area contributed by atoms with Crippen molar-refractivity contribution >= 4 is 11.8 Å². The van der Waals surface area contributed by atoms with Gasteiger partial charge in [0, 0.05) is 23.2 Å². The molecule has 4 nitrogen and oxygen atoms in total. The van der Waals surface area contributed by atoms with Crippen LogP contribution in [-0.4, -0.2) is 29.6 Å². The summed E-state index contributed by atoms with van der Waals surface area (Å²) < 4.78 is 5.39. The van der Waals surface area contributed by atoms with Crippen LogP contribution in [0.4, 0.5) is 0 Å². The highest BCUT2D eigenvalue weighted by Crippen LogP contribution is 2.63. The van der Waals surface area contributed by atoms with Crippen LogP contribution in [0, 0.1) is 34.5 Å². The fraction of sp³-hybridized carbons (Fsp3) is 0.889. The molecule has 4 aliphatic rings. The van der Waals surface area contributed by atoms with Crippen molar-refractivity contribution < 1.29 is 19.4 Å². The number of esters is 1. The summed E-state index contributed by atoms with van der Waals surface area (Å²) in [6.07, 6.45) is 4.34. The van der Waals surface area contributed by atoms with Gasteiger partial charge in [-0.05, 0) is 43.4 Å². The van der Waals surface area contributed by atoms with E-state index in [1.165, 1.54) is 0 Å². The van der Waals surface area contributed by atoms with Crippen LogP contribution in [-0.2, 0) is 14.3 Å². The Hall–Kier alpha value is -0.900. The van der Waals surface area contributed by atoms with Crippen LogP contribution >= 0.6 is 0 Å². The van der Waals surface area contributed by atoms with E-state index in [1.54, 1.807) is 0 Å². The number of carbonyl (C=O) groups excluding carboxylic acids is 2. The van der Waals surface area contributed by atoms with E-state index in [2.05, 4.69) is 13.8 Å². The van der Waals surface area contributed by atoms with Gasteiger partial charge in [0.1, 0.15) is 5.78 Å². The summed E-state index contributed by atoms with van der Waals surface area (Å²) >= 11 is 0. The third kappa shape index (κ3) is 1.73. The summed E-state index contributed by atoms with van der Waals surface area (Å²) in [4.78, 5) is 24.0. The fourth-order valence-electron chi connectivity index (χ4n) is 6.42. The number of aliphatic hydroxyl groups is 1. The average molecular weight is 306 g/mol. The molecular formula is C18H26O4. The second-order valence-electron chi connectivity index (χ2n) is 8.58. The molecule has 1 heterocycles. The Balaban J connectivity index is 1.69. The lowest BCUT2D eigenvalue weighted by Gasteiger charge is -2.59. The molecule has 4 heteroatoms. The Kier molecular flexibility index (Phi) is 3.04. The summed E-state index contributed by atoms with van der Waals surface area (Å²) in [7, 11) is 0. The molecule has 1 aliphatic heterocycles. The third-order valence-electron chi connectivity index (χ3n) is 7.75. The van der Waals surface area contributed by atoms with Gasteiger partial charge in [0.05, 0.1) is 19.1 Å². The highest BCUT2D eigenvalue weighted by molar-refractivity contribution is 5.87. The van der Waals surface area contributed by atoms with E-state index in [0.717, 1.165) is 25.7 Å². The molecule has 0 aromatic rings. The molecule has 1 N–H and O–H groups in total. The quantitative estimate of drug-likeness (QED) is 0.698. The molecule has 0 aromatic carbocycles. The van der Waals surface area contributed by atoms with E-state index in [-0.39, 0.29) is 22.7 Å². The minimum Gasteiger partial charge on any atom is -0.465 e. The van der Waals surface area contributed by atoms with Crippen LogP contribution in [0.1, 0.15) is 52.4 Å². The maximum Gasteiger partial charge on any atom is 0.306 e. The van der Waals surface area contributed by atoms with Crippen molar-refractivity contribution in [2.45, 2.75) is 58.5 Å². The smallest absolute Gasteiger partial charge is 0.306 e. The van der Waals surface area contributed by atoms with E-state index >= 15 is 0 Å². The van der Waals surface area contributed by atoms with Crippen LogP contribution in [0.2, 0.25) is 0 Å². The molecule has 7 atom stereocenters. The van der Waals surface area contributed by atoms with Crippen LogP contribution in [0.5, 0.6) is 0 Å². The summed E-state index contributed by atoms with van der Waals surface area (Å²) in [5, 5.41) is 10.7. The van der Waals surface area contributed by atoms with Gasteiger partial charge in [0.15, 0.2) is 0 Å². The topological polar surface area (TPSA) is 63.6 Å². The first kappa shape index (κ1) is 14.7. The summed E-state index contributed by atoms with van der Waals surface area (Å²) in [6.45, 7) is 4.78. The van der Waals surface area contributed by atoms with Crippen molar-refractivity contribution in [1.82, 2.24) is 0 Å². The molecule has 4 rings (SSSR count). The molecule has 22 heavy (non-hydrogen) atoms. The van der Waals surface area contributed by atoms with Gasteiger partial charge in [-0.2, -0.15) is 0 Å². The highest BCUT2D eigenvalue weighted by atomic mass is 16.5. The number of hydrogen-bond donors (Lipinski definition) is 1. The van der Waals surface area contributed by atoms with Crippen molar-refractivity contribution in [1.29, 1.82) is 0 Å². The number of rotatable bonds is 0. The second kappa shape index (κ2) is 4.56. The number of ketones is 1. The third-order valence-corrected chi connectivity index (χ3v) is 7.75. The number of Topliss-reactive ketones (excluding diaryl/α,β-unsaturated/α-hetero) is 1. The lowest BCUT2D eigenvalue weighted by molar-refractivity contribution is -0.199. The molecule has 4 fully saturated rings. The fourth-order valence-corrected chi connectivity index (χ4v) is 6.42. The van der Waals surface area contributed by atoms with Crippen molar-refractivity contribution in [2.24, 2.45) is 34.5 Å². The minimum absolute atomic E-state index is 0.0245. The number of aliphatic hydroxyl groups excluding tert-OH is 1. The van der Waals surface area contributed by atoms with Crippen LogP contribution in [0.3, 0.4) is 0 Å². The Morgan fingerprint density at radius 3 is 2.68 bits per heavy atom. The predicted molar refractivity (Wildman–Crippen MR) is 79.8 cm³/mol. The average Bonchev–Trinajstić information content (AvgIpc) is 2.77. The van der Waals surface area contributed by atoms with Crippen molar-refractivity contribution in [3.8, 4) is 0 Å². The largest absolute Gasteiger partial charge is 0.465 e. The number of fused-ring (bicyclic) bond motifs is 5. The Labute approximate surface area is 131 Å². The number of carbonyl (C=O) groups is 2. The molecule has 0 aromatic heterocycles. The van der Waals surface area contributed by atoms with Crippen LogP contribution in [0.15, 0.2) is 0 Å². The zero-order chi connectivity index (χ0) is 15.7. The number of hydrogen-bond acceptors (Lipinski definition) is 4. The molecule has 0 unspecified atom stereocenters. The Bertz CT molecular complexity index is 529. The zero-order valence-corrected chi connectivity index (χ0v) is 13.5. The number of ether oxygens (including phenoxy) is 1. The molecular weight excluding hydrogens is 280 g/mol. The maximum absolute atomic E-state index is 12.4. The molecule has 0 radical (unpaired) electrons. The van der Waals surface area contributed by atoms with Gasteiger partial charge in [-0.25, -0.2) is 0 Å². The van der Waals surface area contributed by atoms with Crippen LogP contribution < -0.4 is 0 Å². The SMILES string of the molecule is C[C@]12COC(=O)C[C@H]1[C@@H](O)C[C@@H]1[C@@H]2CC[C@]2(C)C(=O)CC[C@@H]12. The van der Waals surface area contributed by atoms with Gasteiger partial charge in [0.2, 0.25) is 0 Å². The second-order valence-corrected chi connectivity index (χ2v) is 8.58. The van der Waals surface area contributed by atoms with Gasteiger partial charge >= 0.3 is 5.97 Å². The first-order chi connectivity index (χ1) is 10.4. The molecule has 122 valence electrons. The Morgan fingerprint density at radius 1 is 1.14 bits per heavy atom. The standard InChI is InChI=1S/C18H26O4/c1-17-6-5-12-10(11(17)3-4-15(17)20)7-14(19)13-8-16(21)22-9-18(12,13)2/h10-14,19H,3-9H2,1-2H3/t10-,11-,12-,13-,14-,17-,18+/m0/s1. The minimum atomic E-state index is -0.433. The first-order valence-corrected chi connectivity index (χ1v) is 8.73. The normalized spacial score (nSPS) is 54.2. The van der Waals surface area contributed by atoms with Crippen molar-refractivity contribution in [3.05, 3.63) is 0 Å². The molecule has 3 saturated carbocycles. The van der Waals surface area contributed by atoms with Gasteiger partial charge in [-0.3, -0.25) is 9.59 Å². The summed E-state index contributed by atoms with van der Waals surface area (Å²) in [5.74, 6) is 1.56. The molecule has 0 spiro atoms. The molecule has 3 aliphatic carbocycles. The maximum atomic E-state index is 12.4. The highest BCUT2D eigenvalue weighted by Gasteiger charge is 2.62. The van der Waals surface area contributed by atoms with Gasteiger partial charge in [-0.1, -0.05) is 13.8 Å². The first-order valence-electron chi connectivity index (χ1n) is 8.73. The lowest BCUT2D eigenvalue weighted by Crippen LogP contribution is -2.59. The van der Waals surface area contributed by atoms with Gasteiger partial charge < -0.3 is 9.84 Å². The molecule has 1 saturated heterocycles. The molecule has 0 bridgehead atoms. The summed E-state index contributed by atoms with van der Waals surface area (Å²) in [6, 6.07) is 0. The molecule has 0 amide bonds. The lowest BCUT2D eigenvalue weighted by atomic mass is 9.46. The van der Waals surface area contributed by atoms with E-state index in [9.17, 15) is 14.7 Å². The zero-order valence-electron chi connectivity index (χ0n) is 13.5. The van der Waals surface area contributed by atoms with E-state index < -0.39 is 6.10 Å². The van der Waals surface area contributed by atoms with Gasteiger partial charge in [0.25, 0.3) is 0 Å². The Morgan fingerprint density at radius 2 is 1.91 bits per heavy atom. The van der Waals surface area contributed by atoms with Gasteiger partial charge in [-0.15, -0.1) is 0 Å². The van der Waals surface area contributed by atoms with E-state index in [1.807, 2.05) is 0 Å². The van der Waals surface area contributed by atoms with Crippen molar-refractivity contribution in [3.63, 3.8) is 0 Å². The number of cyclic esters (lactones) is 1. The monoisotopic (exact) mass is 306 g/mol. The van der Waals surface area contributed by atoms with Crippen molar-refractivity contribution in [2.75, 3.05) is 6.61 Å². The van der Waals surface area contributed by atoms with E-state index in [4.69, 9.17) is 4.74 Å².